The lowest BCUT2D eigenvalue weighted by molar-refractivity contribution is 0.173. The maximum absolute atomic E-state index is 5.32. The fourth-order valence-corrected chi connectivity index (χ4v) is 1.41. The molecule has 1 rings (SSSR count). The molecule has 1 aliphatic carbocycles. The molecule has 1 saturated carbocycles. The van der Waals surface area contributed by atoms with E-state index in [0.29, 0.717) is 12.5 Å². The molecule has 0 aromatic rings. The fourth-order valence-electron chi connectivity index (χ4n) is 1.34. The number of oxime groups is 1. The van der Waals surface area contributed by atoms with Gasteiger partial charge in [0.05, 0.1) is 5.71 Å². The summed E-state index contributed by atoms with van der Waals surface area (Å²) in [5.74, 6) is 0.602. The SMILES string of the molecule is CC1CCC/C1=N\OC/C=C/Cl. The van der Waals surface area contributed by atoms with Crippen LogP contribution in [0.3, 0.4) is 0 Å². The Morgan fingerprint density at radius 3 is 3.17 bits per heavy atom. The minimum Gasteiger partial charge on any atom is -0.392 e. The number of rotatable bonds is 3. The van der Waals surface area contributed by atoms with Crippen molar-refractivity contribution in [1.82, 2.24) is 0 Å². The lowest BCUT2D eigenvalue weighted by Gasteiger charge is -2.01. The molecule has 0 heterocycles. The molecule has 0 aromatic carbocycles. The van der Waals surface area contributed by atoms with Crippen LogP contribution in [-0.2, 0) is 4.84 Å². The molecule has 2 nitrogen and oxygen atoms in total. The van der Waals surface area contributed by atoms with Crippen LogP contribution in [0.5, 0.6) is 0 Å². The van der Waals surface area contributed by atoms with Gasteiger partial charge in [0.25, 0.3) is 0 Å². The molecule has 1 unspecified atom stereocenters. The van der Waals surface area contributed by atoms with Gasteiger partial charge < -0.3 is 4.84 Å². The summed E-state index contributed by atoms with van der Waals surface area (Å²) in [7, 11) is 0. The van der Waals surface area contributed by atoms with Crippen molar-refractivity contribution in [2.75, 3.05) is 6.61 Å². The Morgan fingerprint density at radius 1 is 1.75 bits per heavy atom. The minimum atomic E-state index is 0.472. The topological polar surface area (TPSA) is 21.6 Å². The van der Waals surface area contributed by atoms with E-state index < -0.39 is 0 Å². The van der Waals surface area contributed by atoms with Gasteiger partial charge in [0.1, 0.15) is 6.61 Å². The van der Waals surface area contributed by atoms with Gasteiger partial charge in [-0.1, -0.05) is 23.7 Å². The number of halogens is 1. The quantitative estimate of drug-likeness (QED) is 0.492. The summed E-state index contributed by atoms with van der Waals surface area (Å²) in [6.45, 7) is 2.66. The van der Waals surface area contributed by atoms with Crippen molar-refractivity contribution in [2.24, 2.45) is 11.1 Å². The van der Waals surface area contributed by atoms with Crippen LogP contribution in [0, 0.1) is 5.92 Å². The Hall–Kier alpha value is -0.500. The molecular weight excluding hydrogens is 174 g/mol. The predicted octanol–water partition coefficient (Wildman–Crippen LogP) is 2.93. The Labute approximate surface area is 78.2 Å². The maximum Gasteiger partial charge on any atom is 0.136 e. The predicted molar refractivity (Wildman–Crippen MR) is 51.4 cm³/mol. The van der Waals surface area contributed by atoms with Gasteiger partial charge >= 0.3 is 0 Å². The van der Waals surface area contributed by atoms with Crippen molar-refractivity contribution in [3.8, 4) is 0 Å². The average molecular weight is 188 g/mol. The summed E-state index contributed by atoms with van der Waals surface area (Å²) in [6, 6.07) is 0. The van der Waals surface area contributed by atoms with Gasteiger partial charge in [-0.05, 0) is 31.3 Å². The molecule has 68 valence electrons. The average Bonchev–Trinajstić information content (AvgIpc) is 2.46. The molecule has 0 spiro atoms. The van der Waals surface area contributed by atoms with Gasteiger partial charge in [-0.15, -0.1) is 0 Å². The zero-order chi connectivity index (χ0) is 8.81. The van der Waals surface area contributed by atoms with Crippen LogP contribution in [0.4, 0.5) is 0 Å². The summed E-state index contributed by atoms with van der Waals surface area (Å²) < 4.78 is 0. The molecule has 3 heteroatoms. The molecule has 12 heavy (non-hydrogen) atoms. The minimum absolute atomic E-state index is 0.472. The monoisotopic (exact) mass is 187 g/mol. The summed E-state index contributed by atoms with van der Waals surface area (Å²) >= 11 is 5.32. The van der Waals surface area contributed by atoms with Crippen LogP contribution in [-0.4, -0.2) is 12.3 Å². The second kappa shape index (κ2) is 5.20. The summed E-state index contributed by atoms with van der Waals surface area (Å²) in [6.07, 6.45) is 5.30. The first-order valence-electron chi connectivity index (χ1n) is 4.28. The lowest BCUT2D eigenvalue weighted by atomic mass is 10.1. The molecule has 0 bridgehead atoms. The standard InChI is InChI=1S/C9H14ClNO/c1-8-4-2-5-9(8)11-12-7-3-6-10/h3,6,8H,2,4-5,7H2,1H3/b6-3+,11-9+. The number of hydrogen-bond donors (Lipinski definition) is 0. The normalized spacial score (nSPS) is 27.2. The summed E-state index contributed by atoms with van der Waals surface area (Å²) in [5, 5.41) is 4.05. The first kappa shape index (κ1) is 9.59. The smallest absolute Gasteiger partial charge is 0.136 e. The Morgan fingerprint density at radius 2 is 2.58 bits per heavy atom. The maximum atomic E-state index is 5.32. The van der Waals surface area contributed by atoms with E-state index >= 15 is 0 Å². The largest absolute Gasteiger partial charge is 0.392 e. The van der Waals surface area contributed by atoms with E-state index in [1.807, 2.05) is 0 Å². The van der Waals surface area contributed by atoms with Crippen molar-refractivity contribution in [3.63, 3.8) is 0 Å². The van der Waals surface area contributed by atoms with Gasteiger partial charge in [0.15, 0.2) is 0 Å². The van der Waals surface area contributed by atoms with Crippen molar-refractivity contribution in [2.45, 2.75) is 26.2 Å². The van der Waals surface area contributed by atoms with Gasteiger partial charge in [-0.25, -0.2) is 0 Å². The highest BCUT2D eigenvalue weighted by Gasteiger charge is 2.17. The van der Waals surface area contributed by atoms with Gasteiger partial charge in [0, 0.05) is 5.54 Å². The second-order valence-corrected chi connectivity index (χ2v) is 3.29. The first-order chi connectivity index (χ1) is 5.84. The highest BCUT2D eigenvalue weighted by Crippen LogP contribution is 2.21. The van der Waals surface area contributed by atoms with E-state index in [2.05, 4.69) is 12.1 Å². The van der Waals surface area contributed by atoms with E-state index in [1.54, 1.807) is 6.08 Å². The van der Waals surface area contributed by atoms with Crippen molar-refractivity contribution < 1.29 is 4.84 Å². The molecule has 0 amide bonds. The molecule has 0 aliphatic heterocycles. The van der Waals surface area contributed by atoms with Gasteiger partial charge in [-0.2, -0.15) is 0 Å². The number of hydrogen-bond acceptors (Lipinski definition) is 2. The van der Waals surface area contributed by atoms with E-state index in [4.69, 9.17) is 16.4 Å². The molecule has 0 N–H and O–H groups in total. The second-order valence-electron chi connectivity index (χ2n) is 3.03. The molecule has 1 aliphatic rings. The van der Waals surface area contributed by atoms with Crippen molar-refractivity contribution in [3.05, 3.63) is 11.6 Å². The van der Waals surface area contributed by atoms with Crippen LogP contribution in [0.2, 0.25) is 0 Å². The first-order valence-corrected chi connectivity index (χ1v) is 4.72. The highest BCUT2D eigenvalue weighted by atomic mass is 35.5. The molecular formula is C9H14ClNO. The third-order valence-corrected chi connectivity index (χ3v) is 2.26. The van der Waals surface area contributed by atoms with Crippen LogP contribution in [0.25, 0.3) is 0 Å². The Kier molecular flexibility index (Phi) is 4.15. The third-order valence-electron chi connectivity index (χ3n) is 2.08. The third kappa shape index (κ3) is 2.86. The number of nitrogens with zero attached hydrogens (tertiary/aromatic N) is 1. The zero-order valence-electron chi connectivity index (χ0n) is 7.29. The van der Waals surface area contributed by atoms with Gasteiger partial charge in [0.2, 0.25) is 0 Å². The molecule has 1 atom stereocenters. The molecule has 1 fully saturated rings. The van der Waals surface area contributed by atoms with Crippen LogP contribution in [0.1, 0.15) is 26.2 Å². The fraction of sp³-hybridized carbons (Fsp3) is 0.667. The van der Waals surface area contributed by atoms with Crippen LogP contribution < -0.4 is 0 Å². The van der Waals surface area contributed by atoms with Crippen molar-refractivity contribution in [1.29, 1.82) is 0 Å². The molecule has 0 radical (unpaired) electrons. The Bertz CT molecular complexity index is 189. The molecule has 0 saturated heterocycles. The van der Waals surface area contributed by atoms with Gasteiger partial charge in [-0.3, -0.25) is 0 Å². The van der Waals surface area contributed by atoms with Crippen LogP contribution in [0.15, 0.2) is 16.8 Å². The van der Waals surface area contributed by atoms with E-state index in [0.717, 1.165) is 6.42 Å². The summed E-state index contributed by atoms with van der Waals surface area (Å²) in [4.78, 5) is 5.05. The molecule has 0 aromatic heterocycles. The highest BCUT2D eigenvalue weighted by molar-refractivity contribution is 6.25. The van der Waals surface area contributed by atoms with E-state index in [1.165, 1.54) is 24.1 Å². The lowest BCUT2D eigenvalue weighted by Crippen LogP contribution is -2.02. The zero-order valence-corrected chi connectivity index (χ0v) is 8.05. The van der Waals surface area contributed by atoms with E-state index in [9.17, 15) is 0 Å². The van der Waals surface area contributed by atoms with Crippen molar-refractivity contribution >= 4 is 17.3 Å². The van der Waals surface area contributed by atoms with Crippen LogP contribution >= 0.6 is 11.6 Å². The Balaban J connectivity index is 2.26. The van der Waals surface area contributed by atoms with E-state index in [-0.39, 0.29) is 0 Å². The summed E-state index contributed by atoms with van der Waals surface area (Å²) in [5.41, 5.74) is 2.64.